The van der Waals surface area contributed by atoms with Gasteiger partial charge in [-0.15, -0.1) is 0 Å². The molecule has 0 saturated heterocycles. The molecule has 15 heavy (non-hydrogen) atoms. The number of hydrogen-bond acceptors (Lipinski definition) is 2. The summed E-state index contributed by atoms with van der Waals surface area (Å²) in [7, 11) is 0. The van der Waals surface area contributed by atoms with Crippen molar-refractivity contribution in [3.05, 3.63) is 32.9 Å². The highest BCUT2D eigenvalue weighted by Crippen LogP contribution is 2.15. The zero-order valence-corrected chi connectivity index (χ0v) is 9.93. The van der Waals surface area contributed by atoms with Crippen LogP contribution in [0.3, 0.4) is 0 Å². The standard InChI is InChI=1S/C9H10IN3O2/c10-7-3-5(8(14)15)1-2-6(7)4-13-9(11)12/h1-3H,4H2,(H,14,15)(H4,11,12,13)/i10+4. The number of aliphatic imine (C=N–C) groups is 1. The normalized spacial score (nSPS) is 9.67. The van der Waals surface area contributed by atoms with Gasteiger partial charge < -0.3 is 16.6 Å². The van der Waals surface area contributed by atoms with Gasteiger partial charge in [0.05, 0.1) is 12.1 Å². The molecule has 1 aromatic carbocycles. The molecule has 0 atom stereocenters. The lowest BCUT2D eigenvalue weighted by Gasteiger charge is -2.02. The van der Waals surface area contributed by atoms with Crippen LogP contribution in [0.15, 0.2) is 23.2 Å². The largest absolute Gasteiger partial charge is 0.478 e. The van der Waals surface area contributed by atoms with E-state index in [4.69, 9.17) is 16.6 Å². The molecule has 0 aliphatic heterocycles. The first-order valence-corrected chi connectivity index (χ1v) is 5.15. The van der Waals surface area contributed by atoms with Gasteiger partial charge in [-0.2, -0.15) is 0 Å². The number of nitrogens with two attached hydrogens (primary N) is 2. The smallest absolute Gasteiger partial charge is 0.335 e. The van der Waals surface area contributed by atoms with Gasteiger partial charge in [-0.3, -0.25) is 0 Å². The van der Waals surface area contributed by atoms with E-state index in [0.717, 1.165) is 9.13 Å². The zero-order chi connectivity index (χ0) is 11.4. The van der Waals surface area contributed by atoms with E-state index < -0.39 is 5.97 Å². The highest BCUT2D eigenvalue weighted by atomic mass is 131. The highest BCUT2D eigenvalue weighted by Gasteiger charge is 2.05. The maximum atomic E-state index is 10.7. The van der Waals surface area contributed by atoms with Crippen molar-refractivity contribution < 1.29 is 9.90 Å². The molecule has 5 nitrogen and oxygen atoms in total. The lowest BCUT2D eigenvalue weighted by atomic mass is 10.1. The maximum absolute atomic E-state index is 10.7. The second kappa shape index (κ2) is 4.96. The molecule has 80 valence electrons. The second-order valence-corrected chi connectivity index (χ2v) is 4.01. The lowest BCUT2D eigenvalue weighted by molar-refractivity contribution is 0.0697. The van der Waals surface area contributed by atoms with Gasteiger partial charge >= 0.3 is 5.97 Å². The fourth-order valence-corrected chi connectivity index (χ4v) is 1.67. The van der Waals surface area contributed by atoms with Crippen molar-refractivity contribution in [1.82, 2.24) is 0 Å². The Morgan fingerprint density at radius 1 is 1.47 bits per heavy atom. The Morgan fingerprint density at radius 3 is 2.60 bits per heavy atom. The number of carboxylic acids is 1. The molecule has 1 rings (SSSR count). The summed E-state index contributed by atoms with van der Waals surface area (Å²) in [6.45, 7) is 0.362. The molecular formula is C9H10IN3O2. The van der Waals surface area contributed by atoms with E-state index in [1.54, 1.807) is 12.1 Å². The van der Waals surface area contributed by atoms with E-state index in [9.17, 15) is 4.79 Å². The number of benzene rings is 1. The average Bonchev–Trinajstić information content (AvgIpc) is 2.15. The molecule has 1 aromatic rings. The Labute approximate surface area is 100 Å². The monoisotopic (exact) mass is 323 g/mol. The fraction of sp³-hybridized carbons (Fsp3) is 0.111. The number of rotatable bonds is 3. The number of halogens is 1. The molecule has 0 aliphatic carbocycles. The number of hydrogen-bond donors (Lipinski definition) is 3. The first-order chi connectivity index (χ1) is 7.00. The second-order valence-electron chi connectivity index (χ2n) is 2.85. The Morgan fingerprint density at radius 2 is 2.13 bits per heavy atom. The number of nitrogens with zero attached hydrogens (tertiary/aromatic N) is 1. The minimum absolute atomic E-state index is 0.0214. The van der Waals surface area contributed by atoms with E-state index in [1.807, 2.05) is 0 Å². The molecule has 0 saturated carbocycles. The third kappa shape index (κ3) is 3.39. The van der Waals surface area contributed by atoms with Crippen LogP contribution in [-0.4, -0.2) is 17.0 Å². The molecule has 0 bridgehead atoms. The summed E-state index contributed by atoms with van der Waals surface area (Å²) in [5, 5.41) is 8.75. The first-order valence-electron chi connectivity index (χ1n) is 4.08. The Balaban J connectivity index is 2.93. The Bertz CT molecular complexity index is 414. The molecule has 0 aliphatic rings. The van der Waals surface area contributed by atoms with Gasteiger partial charge in [-0.1, -0.05) is 6.07 Å². The molecule has 0 aromatic heterocycles. The van der Waals surface area contributed by atoms with Gasteiger partial charge in [0.2, 0.25) is 0 Å². The van der Waals surface area contributed by atoms with Gasteiger partial charge in [0, 0.05) is 3.57 Å². The van der Waals surface area contributed by atoms with E-state index in [-0.39, 0.29) is 11.5 Å². The van der Waals surface area contributed by atoms with Crippen molar-refractivity contribution in [3.63, 3.8) is 0 Å². The van der Waals surface area contributed by atoms with E-state index in [0.29, 0.717) is 6.54 Å². The van der Waals surface area contributed by atoms with Crippen LogP contribution in [0.25, 0.3) is 0 Å². The van der Waals surface area contributed by atoms with Crippen LogP contribution in [0.4, 0.5) is 0 Å². The third-order valence-corrected chi connectivity index (χ3v) is 2.74. The topological polar surface area (TPSA) is 102 Å². The van der Waals surface area contributed by atoms with Gasteiger partial charge in [-0.25, -0.2) is 9.79 Å². The van der Waals surface area contributed by atoms with Crippen molar-refractivity contribution in [1.29, 1.82) is 0 Å². The van der Waals surface area contributed by atoms with E-state index >= 15 is 0 Å². The molecule has 0 unspecified atom stereocenters. The summed E-state index contributed by atoms with van der Waals surface area (Å²) in [4.78, 5) is 14.5. The molecule has 0 radical (unpaired) electrons. The molecule has 6 heteroatoms. The summed E-state index contributed by atoms with van der Waals surface area (Å²) in [5.41, 5.74) is 11.6. The Hall–Kier alpha value is -1.31. The molecule has 5 N–H and O–H groups in total. The number of aromatic carboxylic acids is 1. The van der Waals surface area contributed by atoms with Crippen LogP contribution in [0.1, 0.15) is 15.9 Å². The van der Waals surface area contributed by atoms with Crippen molar-refractivity contribution in [2.24, 2.45) is 16.5 Å². The number of carbonyl (C=O) groups is 1. The molecule has 0 spiro atoms. The van der Waals surface area contributed by atoms with E-state index in [2.05, 4.69) is 27.6 Å². The summed E-state index contributed by atoms with van der Waals surface area (Å²) in [6.07, 6.45) is 0. The summed E-state index contributed by atoms with van der Waals surface area (Å²) < 4.78 is 0.831. The van der Waals surface area contributed by atoms with Crippen LogP contribution < -0.4 is 11.5 Å². The van der Waals surface area contributed by atoms with Crippen LogP contribution in [0.2, 0.25) is 0 Å². The fourth-order valence-electron chi connectivity index (χ4n) is 0.985. The van der Waals surface area contributed by atoms with Gasteiger partial charge in [-0.05, 0) is 40.3 Å². The minimum Gasteiger partial charge on any atom is -0.478 e. The SMILES string of the molecule is NC(N)=NCc1ccc(C(=O)O)cc1[131I]. The predicted molar refractivity (Wildman–Crippen MR) is 65.6 cm³/mol. The zero-order valence-electron chi connectivity index (χ0n) is 7.77. The van der Waals surface area contributed by atoms with Crippen LogP contribution in [-0.2, 0) is 6.54 Å². The lowest BCUT2D eigenvalue weighted by Crippen LogP contribution is -2.22. The van der Waals surface area contributed by atoms with Crippen molar-refractivity contribution >= 4 is 34.5 Å². The number of guanidine groups is 1. The first kappa shape index (κ1) is 11.8. The van der Waals surface area contributed by atoms with E-state index in [1.165, 1.54) is 6.07 Å². The van der Waals surface area contributed by atoms with Crippen LogP contribution >= 0.6 is 22.6 Å². The molecule has 0 heterocycles. The third-order valence-electron chi connectivity index (χ3n) is 1.73. The Kier molecular flexibility index (Phi) is 3.89. The molecule has 0 fully saturated rings. The van der Waals surface area contributed by atoms with Gasteiger partial charge in [0.15, 0.2) is 5.96 Å². The quantitative estimate of drug-likeness (QED) is 0.434. The maximum Gasteiger partial charge on any atom is 0.335 e. The van der Waals surface area contributed by atoms with Crippen molar-refractivity contribution in [3.8, 4) is 0 Å². The highest BCUT2D eigenvalue weighted by molar-refractivity contribution is 14.1. The van der Waals surface area contributed by atoms with Crippen molar-refractivity contribution in [2.75, 3.05) is 0 Å². The summed E-state index contributed by atoms with van der Waals surface area (Å²) >= 11 is 2.05. The van der Waals surface area contributed by atoms with Crippen LogP contribution in [0.5, 0.6) is 0 Å². The van der Waals surface area contributed by atoms with Crippen molar-refractivity contribution in [2.45, 2.75) is 6.54 Å². The summed E-state index contributed by atoms with van der Waals surface area (Å²) in [5.74, 6) is -0.922. The summed E-state index contributed by atoms with van der Waals surface area (Å²) in [6, 6.07) is 4.82. The van der Waals surface area contributed by atoms with Gasteiger partial charge in [0.1, 0.15) is 0 Å². The average molecular weight is 323 g/mol. The molecule has 0 amide bonds. The van der Waals surface area contributed by atoms with Crippen LogP contribution in [0, 0.1) is 3.57 Å². The number of carboxylic acid groups (broad SMARTS) is 1. The minimum atomic E-state index is -0.943. The predicted octanol–water partition coefficient (Wildman–Crippen LogP) is 0.763. The van der Waals surface area contributed by atoms with Gasteiger partial charge in [0.25, 0.3) is 0 Å². The molecular weight excluding hydrogens is 313 g/mol.